The Morgan fingerprint density at radius 2 is 1.96 bits per heavy atom. The molecular formula is C20H23N3O4. The Labute approximate surface area is 158 Å². The fourth-order valence-corrected chi connectivity index (χ4v) is 2.57. The molecule has 1 aliphatic heterocycles. The van der Waals surface area contributed by atoms with Gasteiger partial charge < -0.3 is 19.5 Å². The van der Waals surface area contributed by atoms with Crippen LogP contribution in [0.1, 0.15) is 23.6 Å². The zero-order chi connectivity index (χ0) is 19.2. The highest BCUT2D eigenvalue weighted by atomic mass is 16.7. The van der Waals surface area contributed by atoms with Crippen molar-refractivity contribution in [3.05, 3.63) is 47.0 Å². The second-order valence-corrected chi connectivity index (χ2v) is 6.12. The number of anilines is 1. The molecule has 2 aromatic carbocycles. The van der Waals surface area contributed by atoms with Crippen LogP contribution < -0.4 is 25.0 Å². The van der Waals surface area contributed by atoms with Crippen molar-refractivity contribution < 1.29 is 19.0 Å². The number of carbonyl (C=O) groups excluding carboxylic acids is 1. The Bertz CT molecular complexity index is 865. The first kappa shape index (κ1) is 18.6. The summed E-state index contributed by atoms with van der Waals surface area (Å²) in [6.45, 7) is 6.79. The van der Waals surface area contributed by atoms with Crippen LogP contribution in [0.3, 0.4) is 0 Å². The molecule has 142 valence electrons. The third-order valence-electron chi connectivity index (χ3n) is 4.16. The molecule has 7 heteroatoms. The van der Waals surface area contributed by atoms with Gasteiger partial charge in [0.05, 0.1) is 19.4 Å². The molecule has 0 saturated heterocycles. The molecule has 27 heavy (non-hydrogen) atoms. The van der Waals surface area contributed by atoms with Crippen molar-refractivity contribution in [1.82, 2.24) is 5.43 Å². The van der Waals surface area contributed by atoms with E-state index in [2.05, 4.69) is 15.8 Å². The minimum atomic E-state index is -0.247. The first-order valence-corrected chi connectivity index (χ1v) is 8.76. The number of nitrogens with zero attached hydrogens (tertiary/aromatic N) is 1. The van der Waals surface area contributed by atoms with Crippen molar-refractivity contribution >= 4 is 17.8 Å². The van der Waals surface area contributed by atoms with Crippen LogP contribution in [0.2, 0.25) is 0 Å². The highest BCUT2D eigenvalue weighted by Crippen LogP contribution is 2.37. The first-order chi connectivity index (χ1) is 13.1. The molecule has 0 bridgehead atoms. The summed E-state index contributed by atoms with van der Waals surface area (Å²) in [5, 5.41) is 7.09. The van der Waals surface area contributed by atoms with E-state index in [1.165, 1.54) is 17.3 Å². The molecule has 0 saturated carbocycles. The van der Waals surface area contributed by atoms with Crippen molar-refractivity contribution in [3.63, 3.8) is 0 Å². The zero-order valence-corrected chi connectivity index (χ0v) is 15.7. The van der Waals surface area contributed by atoms with Crippen LogP contribution >= 0.6 is 0 Å². The van der Waals surface area contributed by atoms with E-state index < -0.39 is 0 Å². The number of benzene rings is 2. The molecule has 2 N–H and O–H groups in total. The maximum Gasteiger partial charge on any atom is 0.259 e. The number of ether oxygens (including phenoxy) is 3. The van der Waals surface area contributed by atoms with Gasteiger partial charge in [0.15, 0.2) is 11.5 Å². The molecule has 1 amide bonds. The third kappa shape index (κ3) is 4.69. The van der Waals surface area contributed by atoms with Gasteiger partial charge in [-0.05, 0) is 50.1 Å². The monoisotopic (exact) mass is 369 g/mol. The van der Waals surface area contributed by atoms with Crippen LogP contribution in [0.4, 0.5) is 5.69 Å². The van der Waals surface area contributed by atoms with Crippen LogP contribution in [0.25, 0.3) is 0 Å². The lowest BCUT2D eigenvalue weighted by Crippen LogP contribution is -2.25. The van der Waals surface area contributed by atoms with Gasteiger partial charge in [0.2, 0.25) is 6.79 Å². The van der Waals surface area contributed by atoms with Gasteiger partial charge in [-0.1, -0.05) is 6.07 Å². The number of fused-ring (bicyclic) bond motifs is 1. The largest absolute Gasteiger partial charge is 0.493 e. The number of hydrazone groups is 1. The minimum Gasteiger partial charge on any atom is -0.493 e. The Balaban J connectivity index is 1.58. The lowest BCUT2D eigenvalue weighted by Gasteiger charge is -2.09. The van der Waals surface area contributed by atoms with Gasteiger partial charge in [-0.3, -0.25) is 4.79 Å². The lowest BCUT2D eigenvalue weighted by molar-refractivity contribution is -0.119. The fraction of sp³-hybridized carbons (Fsp3) is 0.300. The molecule has 1 aliphatic rings. The van der Waals surface area contributed by atoms with Gasteiger partial charge in [-0.15, -0.1) is 0 Å². The van der Waals surface area contributed by atoms with Gasteiger partial charge in [-0.2, -0.15) is 5.10 Å². The molecule has 0 aromatic heterocycles. The normalized spacial score (nSPS) is 12.3. The quantitative estimate of drug-likeness (QED) is 0.579. The predicted octanol–water partition coefficient (Wildman–Crippen LogP) is 2.99. The van der Waals surface area contributed by atoms with E-state index in [1.807, 2.05) is 39.0 Å². The molecule has 0 aliphatic carbocycles. The molecule has 0 unspecified atom stereocenters. The minimum absolute atomic E-state index is 0.124. The van der Waals surface area contributed by atoms with Crippen molar-refractivity contribution in [2.45, 2.75) is 20.8 Å². The molecular weight excluding hydrogens is 346 g/mol. The maximum absolute atomic E-state index is 12.0. The van der Waals surface area contributed by atoms with Gasteiger partial charge in [-0.25, -0.2) is 5.43 Å². The number of amides is 1. The molecule has 1 heterocycles. The average Bonchev–Trinajstić information content (AvgIpc) is 3.10. The number of nitrogens with one attached hydrogen (secondary N) is 2. The summed E-state index contributed by atoms with van der Waals surface area (Å²) in [5.74, 6) is 1.64. The Hall–Kier alpha value is -3.22. The smallest absolute Gasteiger partial charge is 0.259 e. The highest BCUT2D eigenvalue weighted by molar-refractivity contribution is 5.87. The van der Waals surface area contributed by atoms with Crippen LogP contribution in [-0.2, 0) is 4.79 Å². The Morgan fingerprint density at radius 3 is 2.70 bits per heavy atom. The summed E-state index contributed by atoms with van der Waals surface area (Å²) >= 11 is 0. The van der Waals surface area contributed by atoms with E-state index in [-0.39, 0.29) is 19.2 Å². The number of hydrogen-bond donors (Lipinski definition) is 2. The highest BCUT2D eigenvalue weighted by Gasteiger charge is 2.17. The van der Waals surface area contributed by atoms with Crippen molar-refractivity contribution in [2.24, 2.45) is 5.10 Å². The van der Waals surface area contributed by atoms with Gasteiger partial charge in [0.25, 0.3) is 5.91 Å². The predicted molar refractivity (Wildman–Crippen MR) is 104 cm³/mol. The van der Waals surface area contributed by atoms with Crippen molar-refractivity contribution in [2.75, 3.05) is 25.3 Å². The second kappa shape index (κ2) is 8.44. The Kier molecular flexibility index (Phi) is 5.80. The first-order valence-electron chi connectivity index (χ1n) is 8.76. The summed E-state index contributed by atoms with van der Waals surface area (Å²) in [5.41, 5.74) is 6.48. The van der Waals surface area contributed by atoms with E-state index in [0.29, 0.717) is 29.4 Å². The summed E-state index contributed by atoms with van der Waals surface area (Å²) in [4.78, 5) is 12.0. The maximum atomic E-state index is 12.0. The van der Waals surface area contributed by atoms with Gasteiger partial charge >= 0.3 is 0 Å². The number of aryl methyl sites for hydroxylation is 2. The van der Waals surface area contributed by atoms with Gasteiger partial charge in [0.1, 0.15) is 5.75 Å². The molecule has 7 nitrogen and oxygen atoms in total. The topological polar surface area (TPSA) is 81.2 Å². The summed E-state index contributed by atoms with van der Waals surface area (Å²) in [7, 11) is 0. The molecule has 3 rings (SSSR count). The number of hydrogen-bond acceptors (Lipinski definition) is 6. The van der Waals surface area contributed by atoms with Crippen LogP contribution in [0.15, 0.2) is 35.4 Å². The summed E-state index contributed by atoms with van der Waals surface area (Å²) in [6, 6.07) is 9.50. The van der Waals surface area contributed by atoms with Crippen LogP contribution in [-0.4, -0.2) is 32.1 Å². The molecule has 0 spiro atoms. The average molecular weight is 369 g/mol. The second-order valence-electron chi connectivity index (χ2n) is 6.12. The number of carbonyl (C=O) groups is 1. The van der Waals surface area contributed by atoms with Crippen molar-refractivity contribution in [3.8, 4) is 17.2 Å². The third-order valence-corrected chi connectivity index (χ3v) is 4.16. The SMILES string of the molecule is CCOc1cc2c(cc1/C=N/NC(=O)CNc1ccc(C)c(C)c1)OCO2. The van der Waals surface area contributed by atoms with Gasteiger partial charge in [0, 0.05) is 17.3 Å². The molecule has 0 fully saturated rings. The number of rotatable bonds is 7. The van der Waals surface area contributed by atoms with E-state index in [9.17, 15) is 4.79 Å². The standard InChI is InChI=1S/C20H23N3O4/c1-4-25-17-9-19-18(26-12-27-19)8-15(17)10-22-23-20(24)11-21-16-6-5-13(2)14(3)7-16/h5-10,21H,4,11-12H2,1-3H3,(H,23,24)/b22-10+. The van der Waals surface area contributed by atoms with E-state index in [1.54, 1.807) is 12.1 Å². The summed E-state index contributed by atoms with van der Waals surface area (Å²) < 4.78 is 16.3. The molecule has 0 atom stereocenters. The summed E-state index contributed by atoms with van der Waals surface area (Å²) in [6.07, 6.45) is 1.53. The molecule has 0 radical (unpaired) electrons. The van der Waals surface area contributed by atoms with E-state index >= 15 is 0 Å². The van der Waals surface area contributed by atoms with Crippen LogP contribution in [0, 0.1) is 13.8 Å². The van der Waals surface area contributed by atoms with Crippen molar-refractivity contribution in [1.29, 1.82) is 0 Å². The van der Waals surface area contributed by atoms with Crippen LogP contribution in [0.5, 0.6) is 17.2 Å². The lowest BCUT2D eigenvalue weighted by atomic mass is 10.1. The van der Waals surface area contributed by atoms with E-state index in [4.69, 9.17) is 14.2 Å². The Morgan fingerprint density at radius 1 is 1.19 bits per heavy atom. The van der Waals surface area contributed by atoms with E-state index in [0.717, 1.165) is 5.69 Å². The zero-order valence-electron chi connectivity index (χ0n) is 15.7. The molecule has 2 aromatic rings. The fourth-order valence-electron chi connectivity index (χ4n) is 2.57.